The van der Waals surface area contributed by atoms with Gasteiger partial charge in [-0.05, 0) is 45.4 Å². The van der Waals surface area contributed by atoms with Crippen LogP contribution in [0, 0.1) is 11.3 Å². The molecule has 1 atom stereocenters. The summed E-state index contributed by atoms with van der Waals surface area (Å²) < 4.78 is 10.2. The molecule has 2 aliphatic rings. The molecule has 0 aromatic rings. The molecule has 1 saturated heterocycles. The van der Waals surface area contributed by atoms with Crippen LogP contribution >= 0.6 is 0 Å². The molecule has 0 bridgehead atoms. The molecule has 1 aliphatic heterocycles. The largest absolute Gasteiger partial charge is 0.469 e. The first-order valence-electron chi connectivity index (χ1n) is 6.83. The zero-order valence-electron chi connectivity index (χ0n) is 12.2. The summed E-state index contributed by atoms with van der Waals surface area (Å²) in [5, 5.41) is 0. The zero-order chi connectivity index (χ0) is 14.3. The highest BCUT2D eigenvalue weighted by Gasteiger charge is 2.56. The number of amides is 1. The minimum absolute atomic E-state index is 0.0889. The van der Waals surface area contributed by atoms with Gasteiger partial charge in [0.05, 0.1) is 13.0 Å². The standard InChI is InChI=1S/C14H23NO4/c1-13(2,3)19-12(17)15-8-7-14(5-6-14)10(9-15)11(16)18-4/h10H,5-9H2,1-4H3. The molecule has 0 radical (unpaired) electrons. The van der Waals surface area contributed by atoms with Crippen LogP contribution in [0.25, 0.3) is 0 Å². The molecule has 108 valence electrons. The predicted molar refractivity (Wildman–Crippen MR) is 69.6 cm³/mol. The number of nitrogens with zero attached hydrogens (tertiary/aromatic N) is 1. The molecule has 0 N–H and O–H groups in total. The molecule has 1 unspecified atom stereocenters. The fourth-order valence-corrected chi connectivity index (χ4v) is 2.76. The van der Waals surface area contributed by atoms with Gasteiger partial charge >= 0.3 is 12.1 Å². The van der Waals surface area contributed by atoms with E-state index in [0.717, 1.165) is 19.3 Å². The van der Waals surface area contributed by atoms with Gasteiger partial charge in [0.1, 0.15) is 5.60 Å². The maximum Gasteiger partial charge on any atom is 0.410 e. The van der Waals surface area contributed by atoms with Crippen molar-refractivity contribution >= 4 is 12.1 Å². The Morgan fingerprint density at radius 3 is 2.32 bits per heavy atom. The summed E-state index contributed by atoms with van der Waals surface area (Å²) in [6, 6.07) is 0. The lowest BCUT2D eigenvalue weighted by Crippen LogP contribution is -2.49. The smallest absolute Gasteiger partial charge is 0.410 e. The van der Waals surface area contributed by atoms with Crippen LogP contribution in [-0.2, 0) is 14.3 Å². The SMILES string of the molecule is COC(=O)C1CN(C(=O)OC(C)(C)C)CCC12CC2. The van der Waals surface area contributed by atoms with Crippen LogP contribution in [0.5, 0.6) is 0 Å². The second-order valence-electron chi connectivity index (χ2n) is 6.61. The van der Waals surface area contributed by atoms with Crippen LogP contribution in [-0.4, -0.2) is 42.8 Å². The van der Waals surface area contributed by atoms with Crippen molar-refractivity contribution in [3.05, 3.63) is 0 Å². The number of methoxy groups -OCH3 is 1. The summed E-state index contributed by atoms with van der Waals surface area (Å²) in [4.78, 5) is 25.6. The van der Waals surface area contributed by atoms with Crippen molar-refractivity contribution in [3.8, 4) is 0 Å². The molecule has 0 aromatic carbocycles. The lowest BCUT2D eigenvalue weighted by Gasteiger charge is -2.38. The number of hydrogen-bond acceptors (Lipinski definition) is 4. The normalized spacial score (nSPS) is 25.1. The third-order valence-corrected chi connectivity index (χ3v) is 4.05. The highest BCUT2D eigenvalue weighted by Crippen LogP contribution is 2.57. The number of rotatable bonds is 1. The molecule has 1 saturated carbocycles. The van der Waals surface area contributed by atoms with Crippen LogP contribution in [0.2, 0.25) is 0 Å². The van der Waals surface area contributed by atoms with E-state index in [1.807, 2.05) is 20.8 Å². The Morgan fingerprint density at radius 1 is 1.21 bits per heavy atom. The van der Waals surface area contributed by atoms with Gasteiger partial charge in [-0.15, -0.1) is 0 Å². The molecule has 1 aliphatic carbocycles. The van der Waals surface area contributed by atoms with E-state index in [4.69, 9.17) is 9.47 Å². The Hall–Kier alpha value is -1.26. The van der Waals surface area contributed by atoms with Gasteiger partial charge in [-0.3, -0.25) is 4.79 Å². The first-order valence-corrected chi connectivity index (χ1v) is 6.83. The highest BCUT2D eigenvalue weighted by atomic mass is 16.6. The summed E-state index contributed by atoms with van der Waals surface area (Å²) >= 11 is 0. The van der Waals surface area contributed by atoms with Gasteiger partial charge in [0.15, 0.2) is 0 Å². The Morgan fingerprint density at radius 2 is 1.84 bits per heavy atom. The summed E-state index contributed by atoms with van der Waals surface area (Å²) in [6.45, 7) is 6.61. The highest BCUT2D eigenvalue weighted by molar-refractivity contribution is 5.76. The van der Waals surface area contributed by atoms with Crippen LogP contribution in [0.15, 0.2) is 0 Å². The van der Waals surface area contributed by atoms with Crippen LogP contribution < -0.4 is 0 Å². The van der Waals surface area contributed by atoms with Crippen molar-refractivity contribution in [1.82, 2.24) is 4.90 Å². The summed E-state index contributed by atoms with van der Waals surface area (Å²) in [5.74, 6) is -0.399. The van der Waals surface area contributed by atoms with E-state index >= 15 is 0 Å². The van der Waals surface area contributed by atoms with E-state index in [1.165, 1.54) is 7.11 Å². The average Bonchev–Trinajstić information content (AvgIpc) is 3.07. The van der Waals surface area contributed by atoms with E-state index in [9.17, 15) is 9.59 Å². The van der Waals surface area contributed by atoms with Crippen LogP contribution in [0.3, 0.4) is 0 Å². The van der Waals surface area contributed by atoms with E-state index in [1.54, 1.807) is 4.90 Å². The maximum atomic E-state index is 12.1. The Labute approximate surface area is 114 Å². The van der Waals surface area contributed by atoms with Gasteiger partial charge in [0.25, 0.3) is 0 Å². The number of carbonyl (C=O) groups is 2. The minimum Gasteiger partial charge on any atom is -0.469 e. The molecule has 2 fully saturated rings. The Balaban J connectivity index is 2.02. The van der Waals surface area contributed by atoms with E-state index in [2.05, 4.69) is 0 Å². The van der Waals surface area contributed by atoms with Crippen molar-refractivity contribution in [3.63, 3.8) is 0 Å². The molecule has 1 heterocycles. The van der Waals surface area contributed by atoms with E-state index < -0.39 is 5.60 Å². The molecular weight excluding hydrogens is 246 g/mol. The van der Waals surface area contributed by atoms with Gasteiger partial charge in [-0.2, -0.15) is 0 Å². The lowest BCUT2D eigenvalue weighted by molar-refractivity contribution is -0.150. The molecule has 19 heavy (non-hydrogen) atoms. The first kappa shape index (κ1) is 14.2. The number of ether oxygens (including phenoxy) is 2. The molecular formula is C14H23NO4. The quantitative estimate of drug-likeness (QED) is 0.685. The average molecular weight is 269 g/mol. The molecule has 5 heteroatoms. The summed E-state index contributed by atoms with van der Waals surface area (Å²) in [5.41, 5.74) is -0.418. The van der Waals surface area contributed by atoms with E-state index in [-0.39, 0.29) is 23.4 Å². The fraction of sp³-hybridized carbons (Fsp3) is 0.857. The van der Waals surface area contributed by atoms with E-state index in [0.29, 0.717) is 13.1 Å². The van der Waals surface area contributed by atoms with Crippen molar-refractivity contribution in [2.24, 2.45) is 11.3 Å². The van der Waals surface area contributed by atoms with Crippen LogP contribution in [0.4, 0.5) is 4.79 Å². The second kappa shape index (κ2) is 4.69. The number of piperidine rings is 1. The van der Waals surface area contributed by atoms with Crippen LogP contribution in [0.1, 0.15) is 40.0 Å². The number of carbonyl (C=O) groups excluding carboxylic acids is 2. The minimum atomic E-state index is -0.507. The summed E-state index contributed by atoms with van der Waals surface area (Å²) in [6.07, 6.45) is 2.66. The number of likely N-dealkylation sites (tertiary alicyclic amines) is 1. The third-order valence-electron chi connectivity index (χ3n) is 4.05. The van der Waals surface area contributed by atoms with Gasteiger partial charge in [0.2, 0.25) is 0 Å². The van der Waals surface area contributed by atoms with Gasteiger partial charge in [0, 0.05) is 13.1 Å². The van der Waals surface area contributed by atoms with Crippen molar-refractivity contribution in [2.75, 3.05) is 20.2 Å². The van der Waals surface area contributed by atoms with Gasteiger partial charge < -0.3 is 14.4 Å². The topological polar surface area (TPSA) is 55.8 Å². The maximum absolute atomic E-state index is 12.1. The molecule has 1 amide bonds. The Kier molecular flexibility index (Phi) is 3.49. The third kappa shape index (κ3) is 3.01. The van der Waals surface area contributed by atoms with Crippen molar-refractivity contribution in [2.45, 2.75) is 45.6 Å². The second-order valence-corrected chi connectivity index (χ2v) is 6.61. The van der Waals surface area contributed by atoms with Crippen molar-refractivity contribution in [1.29, 1.82) is 0 Å². The van der Waals surface area contributed by atoms with Gasteiger partial charge in [-0.25, -0.2) is 4.79 Å². The molecule has 2 rings (SSSR count). The number of esters is 1. The zero-order valence-corrected chi connectivity index (χ0v) is 12.2. The molecule has 1 spiro atoms. The van der Waals surface area contributed by atoms with Crippen molar-refractivity contribution < 1.29 is 19.1 Å². The first-order chi connectivity index (χ1) is 8.77. The summed E-state index contributed by atoms with van der Waals surface area (Å²) in [7, 11) is 1.41. The molecule has 5 nitrogen and oxygen atoms in total. The predicted octanol–water partition coefficient (Wildman–Crippen LogP) is 2.20. The number of hydrogen-bond donors (Lipinski definition) is 0. The molecule has 0 aromatic heterocycles. The fourth-order valence-electron chi connectivity index (χ4n) is 2.76. The Bertz CT molecular complexity index is 381. The monoisotopic (exact) mass is 269 g/mol. The van der Waals surface area contributed by atoms with Gasteiger partial charge in [-0.1, -0.05) is 0 Å². The lowest BCUT2D eigenvalue weighted by atomic mass is 9.82.